The molecule has 11 N–H and O–H groups in total. The van der Waals surface area contributed by atoms with E-state index < -0.39 is 66.1 Å². The first-order valence-electron chi connectivity index (χ1n) is 10.5. The monoisotopic (exact) mass is 494 g/mol. The number of nitrogens with one attached hydrogen (secondary N) is 3. The fraction of sp³-hybridized carbons (Fsp3) is 0.429. The largest absolute Gasteiger partial charge is 0.508 e. The van der Waals surface area contributed by atoms with Crippen LogP contribution in [0.1, 0.15) is 31.7 Å². The van der Waals surface area contributed by atoms with E-state index in [0.717, 1.165) is 0 Å². The zero-order valence-electron chi connectivity index (χ0n) is 19.0. The number of nitrogens with two attached hydrogens (primary N) is 3. The third-order valence-electron chi connectivity index (χ3n) is 4.82. The molecule has 0 aliphatic carbocycles. The summed E-state index contributed by atoms with van der Waals surface area (Å²) < 4.78 is 0. The van der Waals surface area contributed by atoms with Crippen molar-refractivity contribution >= 4 is 35.5 Å². The quantitative estimate of drug-likeness (QED) is 0.130. The zero-order valence-corrected chi connectivity index (χ0v) is 19.0. The van der Waals surface area contributed by atoms with Crippen LogP contribution in [-0.4, -0.2) is 69.9 Å². The van der Waals surface area contributed by atoms with Crippen molar-refractivity contribution in [2.45, 2.75) is 56.8 Å². The van der Waals surface area contributed by atoms with Crippen LogP contribution < -0.4 is 33.2 Å². The summed E-state index contributed by atoms with van der Waals surface area (Å²) in [6.45, 7) is 1.27. The molecular formula is C21H30N6O8. The minimum absolute atomic E-state index is 0.0125. The lowest BCUT2D eigenvalue weighted by Gasteiger charge is -2.23. The summed E-state index contributed by atoms with van der Waals surface area (Å²) in [5.74, 6) is -5.53. The number of carbonyl (C=O) groups excluding carboxylic acids is 5. The van der Waals surface area contributed by atoms with Gasteiger partial charge in [-0.1, -0.05) is 12.1 Å². The second-order valence-corrected chi connectivity index (χ2v) is 7.84. The maximum absolute atomic E-state index is 12.9. The molecule has 192 valence electrons. The van der Waals surface area contributed by atoms with E-state index in [2.05, 4.69) is 16.0 Å². The minimum atomic E-state index is -1.59. The van der Waals surface area contributed by atoms with Crippen LogP contribution >= 0.6 is 0 Å². The van der Waals surface area contributed by atoms with E-state index in [1.165, 1.54) is 31.2 Å². The number of carbonyl (C=O) groups is 6. The van der Waals surface area contributed by atoms with Crippen LogP contribution in [0.15, 0.2) is 24.3 Å². The lowest BCUT2D eigenvalue weighted by Crippen LogP contribution is -2.57. The predicted octanol–water partition coefficient (Wildman–Crippen LogP) is -3.04. The van der Waals surface area contributed by atoms with Gasteiger partial charge in [-0.05, 0) is 31.0 Å². The topological polar surface area (TPSA) is 257 Å². The summed E-state index contributed by atoms with van der Waals surface area (Å²) >= 11 is 0. The Hall–Kier alpha value is -4.20. The summed E-state index contributed by atoms with van der Waals surface area (Å²) in [5, 5.41) is 25.5. The lowest BCUT2D eigenvalue weighted by atomic mass is 10.0. The number of amides is 5. The summed E-state index contributed by atoms with van der Waals surface area (Å²) in [6, 6.07) is 0.608. The van der Waals surface area contributed by atoms with Gasteiger partial charge in [0.15, 0.2) is 0 Å². The van der Waals surface area contributed by atoms with E-state index in [1.807, 2.05) is 0 Å². The van der Waals surface area contributed by atoms with Crippen molar-refractivity contribution in [3.63, 3.8) is 0 Å². The Balaban J connectivity index is 2.94. The number of aromatic hydroxyl groups is 1. The average Bonchev–Trinajstić information content (AvgIpc) is 2.77. The van der Waals surface area contributed by atoms with Gasteiger partial charge in [0, 0.05) is 12.8 Å². The fourth-order valence-electron chi connectivity index (χ4n) is 2.86. The molecule has 4 unspecified atom stereocenters. The third kappa shape index (κ3) is 10.5. The highest BCUT2D eigenvalue weighted by atomic mass is 16.4. The molecule has 35 heavy (non-hydrogen) atoms. The molecule has 0 fully saturated rings. The summed E-state index contributed by atoms with van der Waals surface area (Å²) in [4.78, 5) is 70.9. The van der Waals surface area contributed by atoms with E-state index >= 15 is 0 Å². The smallest absolute Gasteiger partial charge is 0.326 e. The van der Waals surface area contributed by atoms with E-state index in [4.69, 9.17) is 22.3 Å². The van der Waals surface area contributed by atoms with Crippen molar-refractivity contribution in [3.05, 3.63) is 29.8 Å². The van der Waals surface area contributed by atoms with Gasteiger partial charge in [0.25, 0.3) is 0 Å². The second kappa shape index (κ2) is 13.5. The van der Waals surface area contributed by atoms with Crippen LogP contribution in [-0.2, 0) is 35.2 Å². The average molecular weight is 495 g/mol. The number of hydrogen-bond donors (Lipinski definition) is 8. The normalized spacial score (nSPS) is 14.0. The van der Waals surface area contributed by atoms with E-state index in [9.17, 15) is 33.9 Å². The van der Waals surface area contributed by atoms with Crippen molar-refractivity contribution in [3.8, 4) is 5.75 Å². The van der Waals surface area contributed by atoms with Gasteiger partial charge in [0.1, 0.15) is 23.9 Å². The van der Waals surface area contributed by atoms with Crippen molar-refractivity contribution in [2.75, 3.05) is 0 Å². The summed E-state index contributed by atoms with van der Waals surface area (Å²) in [5.41, 5.74) is 16.3. The zero-order chi connectivity index (χ0) is 26.7. The summed E-state index contributed by atoms with van der Waals surface area (Å²) in [6.07, 6.45) is -0.890. The van der Waals surface area contributed by atoms with E-state index in [-0.39, 0.29) is 25.0 Å². The minimum Gasteiger partial charge on any atom is -0.508 e. The van der Waals surface area contributed by atoms with Crippen LogP contribution in [0.25, 0.3) is 0 Å². The molecule has 5 amide bonds. The first kappa shape index (κ1) is 28.8. The second-order valence-electron chi connectivity index (χ2n) is 7.84. The number of benzene rings is 1. The van der Waals surface area contributed by atoms with Gasteiger partial charge in [0.2, 0.25) is 29.5 Å². The van der Waals surface area contributed by atoms with Crippen molar-refractivity contribution < 1.29 is 39.0 Å². The maximum Gasteiger partial charge on any atom is 0.326 e. The molecule has 0 radical (unpaired) electrons. The van der Waals surface area contributed by atoms with Crippen LogP contribution in [0.3, 0.4) is 0 Å². The van der Waals surface area contributed by atoms with Crippen LogP contribution in [0, 0.1) is 0 Å². The van der Waals surface area contributed by atoms with E-state index in [0.29, 0.717) is 5.56 Å². The van der Waals surface area contributed by atoms with Gasteiger partial charge in [-0.3, -0.25) is 24.0 Å². The number of primary amides is 2. The number of aliphatic carboxylic acids is 1. The van der Waals surface area contributed by atoms with Gasteiger partial charge < -0.3 is 43.4 Å². The van der Waals surface area contributed by atoms with Gasteiger partial charge in [0.05, 0.1) is 12.5 Å². The van der Waals surface area contributed by atoms with Gasteiger partial charge >= 0.3 is 5.97 Å². The highest BCUT2D eigenvalue weighted by molar-refractivity contribution is 5.94. The Labute approximate surface area is 200 Å². The number of rotatable bonds is 14. The first-order valence-corrected chi connectivity index (χ1v) is 10.5. The Bertz CT molecular complexity index is 952. The molecule has 1 rings (SSSR count). The number of phenolic OH excluding ortho intramolecular Hbond substituents is 1. The van der Waals surface area contributed by atoms with Gasteiger partial charge in [-0.25, -0.2) is 4.79 Å². The molecule has 1 aromatic carbocycles. The molecule has 1 aromatic rings. The van der Waals surface area contributed by atoms with Crippen molar-refractivity contribution in [1.29, 1.82) is 0 Å². The Morgan fingerprint density at radius 1 is 0.857 bits per heavy atom. The molecule has 0 heterocycles. The highest BCUT2D eigenvalue weighted by Gasteiger charge is 2.29. The number of carboxylic acids is 1. The predicted molar refractivity (Wildman–Crippen MR) is 121 cm³/mol. The molecule has 0 spiro atoms. The number of phenols is 1. The molecule has 0 aliphatic rings. The highest BCUT2D eigenvalue weighted by Crippen LogP contribution is 2.12. The fourth-order valence-corrected chi connectivity index (χ4v) is 2.86. The Morgan fingerprint density at radius 3 is 1.94 bits per heavy atom. The molecule has 14 heteroatoms. The van der Waals surface area contributed by atoms with E-state index in [1.54, 1.807) is 0 Å². The molecule has 0 saturated carbocycles. The molecule has 0 aliphatic heterocycles. The third-order valence-corrected chi connectivity index (χ3v) is 4.82. The molecule has 0 saturated heterocycles. The maximum atomic E-state index is 12.9. The molecule has 14 nitrogen and oxygen atoms in total. The van der Waals surface area contributed by atoms with Gasteiger partial charge in [-0.2, -0.15) is 0 Å². The van der Waals surface area contributed by atoms with Crippen LogP contribution in [0.2, 0.25) is 0 Å². The molecule has 4 atom stereocenters. The van der Waals surface area contributed by atoms with Crippen molar-refractivity contribution in [2.24, 2.45) is 17.2 Å². The van der Waals surface area contributed by atoms with Gasteiger partial charge in [-0.15, -0.1) is 0 Å². The Morgan fingerprint density at radius 2 is 1.43 bits per heavy atom. The lowest BCUT2D eigenvalue weighted by molar-refractivity contribution is -0.143. The molecule has 0 aromatic heterocycles. The number of hydrogen-bond acceptors (Lipinski definition) is 8. The van der Waals surface area contributed by atoms with Crippen molar-refractivity contribution in [1.82, 2.24) is 16.0 Å². The molecular weight excluding hydrogens is 464 g/mol. The standard InChI is InChI=1S/C21H30N6O8/c1-10(18(31)27-15(21(34)35)9-17(24)30)25-20(33)14(8-11-2-4-12(28)5-3-11)26-19(32)13(22)6-7-16(23)29/h2-5,10,13-15,28H,6-9,22H2,1H3,(H2,23,29)(H2,24,30)(H,25,33)(H,26,32)(H,27,31)(H,34,35). The van der Waals surface area contributed by atoms with Crippen LogP contribution in [0.4, 0.5) is 0 Å². The summed E-state index contributed by atoms with van der Waals surface area (Å²) in [7, 11) is 0. The SMILES string of the molecule is CC(NC(=O)C(Cc1ccc(O)cc1)NC(=O)C(N)CCC(N)=O)C(=O)NC(CC(N)=O)C(=O)O. The number of carboxylic acid groups (broad SMARTS) is 1. The first-order chi connectivity index (χ1) is 16.3. The Kier molecular flexibility index (Phi) is 11.1. The van der Waals surface area contributed by atoms with Crippen LogP contribution in [0.5, 0.6) is 5.75 Å². The molecule has 0 bridgehead atoms.